The highest BCUT2D eigenvalue weighted by Gasteiger charge is 2.14. The molecule has 0 aliphatic rings. The summed E-state index contributed by atoms with van der Waals surface area (Å²) in [5.41, 5.74) is 0.0396. The van der Waals surface area contributed by atoms with Gasteiger partial charge in [-0.15, -0.1) is 0 Å². The second-order valence-corrected chi connectivity index (χ2v) is 3.72. The first-order chi connectivity index (χ1) is 8.00. The molecule has 0 spiro atoms. The van der Waals surface area contributed by atoms with Crippen LogP contribution in [0.15, 0.2) is 30.3 Å². The van der Waals surface area contributed by atoms with Crippen molar-refractivity contribution in [2.45, 2.75) is 6.92 Å². The summed E-state index contributed by atoms with van der Waals surface area (Å²) in [6, 6.07) is 5.66. The normalized spacial score (nSPS) is 10.6. The lowest BCUT2D eigenvalue weighted by molar-refractivity contribution is 0.432. The molecule has 2 aromatic carbocycles. The van der Waals surface area contributed by atoms with Crippen LogP contribution >= 0.6 is 0 Å². The van der Waals surface area contributed by atoms with Gasteiger partial charge in [-0.05, 0) is 36.2 Å². The minimum atomic E-state index is -0.914. The van der Waals surface area contributed by atoms with Crippen LogP contribution in [0.3, 0.4) is 0 Å². The molecule has 2 aromatic rings. The van der Waals surface area contributed by atoms with E-state index < -0.39 is 23.2 Å². The molecule has 0 unspecified atom stereocenters. The van der Waals surface area contributed by atoms with Gasteiger partial charge in [0.1, 0.15) is 11.6 Å². The Labute approximate surface area is 96.1 Å². The van der Waals surface area contributed by atoms with Gasteiger partial charge in [0.2, 0.25) is 0 Å². The van der Waals surface area contributed by atoms with Gasteiger partial charge in [-0.2, -0.15) is 0 Å². The van der Waals surface area contributed by atoms with Crippen LogP contribution in [0.5, 0.6) is 5.75 Å². The largest absolute Gasteiger partial charge is 0.505 e. The number of halogens is 3. The SMILES string of the molecule is Cc1ccc(F)c(-c2ccc(O)c(F)c2)c1F. The molecule has 2 rings (SSSR count). The van der Waals surface area contributed by atoms with E-state index in [1.807, 2.05) is 0 Å². The number of benzene rings is 2. The van der Waals surface area contributed by atoms with Crippen LogP contribution in [-0.2, 0) is 0 Å². The van der Waals surface area contributed by atoms with Crippen LogP contribution in [0, 0.1) is 24.4 Å². The molecular formula is C13H9F3O. The number of aryl methyl sites for hydroxylation is 1. The molecule has 0 aromatic heterocycles. The van der Waals surface area contributed by atoms with Crippen LogP contribution in [0.25, 0.3) is 11.1 Å². The Morgan fingerprint density at radius 2 is 1.65 bits per heavy atom. The molecule has 0 amide bonds. The molecule has 0 aliphatic carbocycles. The van der Waals surface area contributed by atoms with Crippen LogP contribution < -0.4 is 0 Å². The minimum absolute atomic E-state index is 0.0546. The van der Waals surface area contributed by atoms with Gasteiger partial charge >= 0.3 is 0 Å². The first kappa shape index (κ1) is 11.5. The average Bonchev–Trinajstić information content (AvgIpc) is 2.29. The number of rotatable bonds is 1. The molecule has 0 atom stereocenters. The summed E-state index contributed by atoms with van der Waals surface area (Å²) in [4.78, 5) is 0. The van der Waals surface area contributed by atoms with E-state index in [4.69, 9.17) is 5.11 Å². The topological polar surface area (TPSA) is 20.2 Å². The number of hydrogen-bond acceptors (Lipinski definition) is 1. The quantitative estimate of drug-likeness (QED) is 0.801. The van der Waals surface area contributed by atoms with E-state index in [0.29, 0.717) is 0 Å². The van der Waals surface area contributed by atoms with Gasteiger partial charge in [0.25, 0.3) is 0 Å². The molecule has 1 nitrogen and oxygen atoms in total. The van der Waals surface area contributed by atoms with Crippen LogP contribution in [-0.4, -0.2) is 5.11 Å². The molecule has 0 saturated heterocycles. The minimum Gasteiger partial charge on any atom is -0.505 e. The highest BCUT2D eigenvalue weighted by atomic mass is 19.1. The fourth-order valence-corrected chi connectivity index (χ4v) is 1.58. The third-order valence-electron chi connectivity index (χ3n) is 2.52. The number of aromatic hydroxyl groups is 1. The number of hydrogen-bond donors (Lipinski definition) is 1. The smallest absolute Gasteiger partial charge is 0.165 e. The molecule has 0 heterocycles. The molecule has 0 aliphatic heterocycles. The molecule has 0 bridgehead atoms. The molecule has 0 saturated carbocycles. The van der Waals surface area contributed by atoms with E-state index >= 15 is 0 Å². The van der Waals surface area contributed by atoms with Crippen molar-refractivity contribution in [1.82, 2.24) is 0 Å². The molecule has 4 heteroatoms. The fraction of sp³-hybridized carbons (Fsp3) is 0.0769. The second-order valence-electron chi connectivity index (χ2n) is 3.72. The van der Waals surface area contributed by atoms with Crippen LogP contribution in [0.4, 0.5) is 13.2 Å². The first-order valence-electron chi connectivity index (χ1n) is 4.94. The van der Waals surface area contributed by atoms with Crippen molar-refractivity contribution >= 4 is 0 Å². The van der Waals surface area contributed by atoms with Crippen molar-refractivity contribution in [3.8, 4) is 16.9 Å². The van der Waals surface area contributed by atoms with Gasteiger partial charge in [-0.3, -0.25) is 0 Å². The van der Waals surface area contributed by atoms with Gasteiger partial charge in [0.15, 0.2) is 11.6 Å². The maximum Gasteiger partial charge on any atom is 0.165 e. The van der Waals surface area contributed by atoms with Crippen molar-refractivity contribution in [3.05, 3.63) is 53.3 Å². The second kappa shape index (κ2) is 4.13. The zero-order chi connectivity index (χ0) is 12.6. The van der Waals surface area contributed by atoms with Gasteiger partial charge in [0, 0.05) is 0 Å². The zero-order valence-corrected chi connectivity index (χ0v) is 8.97. The van der Waals surface area contributed by atoms with Crippen molar-refractivity contribution in [3.63, 3.8) is 0 Å². The Morgan fingerprint density at radius 1 is 0.941 bits per heavy atom. The Kier molecular flexibility index (Phi) is 2.79. The van der Waals surface area contributed by atoms with Gasteiger partial charge < -0.3 is 5.11 Å². The molecule has 0 fully saturated rings. The lowest BCUT2D eigenvalue weighted by Crippen LogP contribution is -1.93. The van der Waals surface area contributed by atoms with Crippen molar-refractivity contribution < 1.29 is 18.3 Å². The standard InChI is InChI=1S/C13H9F3O/c1-7-2-4-9(14)12(13(7)16)8-3-5-11(17)10(15)6-8/h2-6,17H,1H3. The lowest BCUT2D eigenvalue weighted by Gasteiger charge is -2.08. The Bertz CT molecular complexity index is 579. The number of phenols is 1. The predicted molar refractivity (Wildman–Crippen MR) is 58.2 cm³/mol. The third-order valence-corrected chi connectivity index (χ3v) is 2.52. The van der Waals surface area contributed by atoms with Gasteiger partial charge in [-0.25, -0.2) is 13.2 Å². The zero-order valence-electron chi connectivity index (χ0n) is 8.97. The summed E-state index contributed by atoms with van der Waals surface area (Å²) in [5, 5.41) is 9.02. The lowest BCUT2D eigenvalue weighted by atomic mass is 10.0. The monoisotopic (exact) mass is 238 g/mol. The number of phenolic OH excluding ortho intramolecular Hbond substituents is 1. The van der Waals surface area contributed by atoms with E-state index in [1.54, 1.807) is 0 Å². The predicted octanol–water partition coefficient (Wildman–Crippen LogP) is 3.78. The fourth-order valence-electron chi connectivity index (χ4n) is 1.58. The molecule has 17 heavy (non-hydrogen) atoms. The summed E-state index contributed by atoms with van der Waals surface area (Å²) >= 11 is 0. The van der Waals surface area contributed by atoms with Crippen molar-refractivity contribution in [1.29, 1.82) is 0 Å². The summed E-state index contributed by atoms with van der Waals surface area (Å²) in [5.74, 6) is -2.96. The van der Waals surface area contributed by atoms with Crippen molar-refractivity contribution in [2.75, 3.05) is 0 Å². The van der Waals surface area contributed by atoms with E-state index in [0.717, 1.165) is 18.2 Å². The van der Waals surface area contributed by atoms with E-state index in [-0.39, 0.29) is 16.7 Å². The maximum absolute atomic E-state index is 13.8. The summed E-state index contributed by atoms with van der Waals surface area (Å²) in [6.45, 7) is 1.50. The van der Waals surface area contributed by atoms with Crippen LogP contribution in [0.2, 0.25) is 0 Å². The van der Waals surface area contributed by atoms with E-state index in [2.05, 4.69) is 0 Å². The summed E-state index contributed by atoms with van der Waals surface area (Å²) < 4.78 is 40.4. The first-order valence-corrected chi connectivity index (χ1v) is 4.94. The summed E-state index contributed by atoms with van der Waals surface area (Å²) in [7, 11) is 0. The highest BCUT2D eigenvalue weighted by molar-refractivity contribution is 5.66. The van der Waals surface area contributed by atoms with Gasteiger partial charge in [-0.1, -0.05) is 12.1 Å². The Hall–Kier alpha value is -1.97. The third kappa shape index (κ3) is 1.98. The maximum atomic E-state index is 13.8. The summed E-state index contributed by atoms with van der Waals surface area (Å²) in [6.07, 6.45) is 0. The molecule has 88 valence electrons. The molecular weight excluding hydrogens is 229 g/mol. The van der Waals surface area contributed by atoms with Gasteiger partial charge in [0.05, 0.1) is 5.56 Å². The highest BCUT2D eigenvalue weighted by Crippen LogP contribution is 2.30. The molecule has 1 N–H and O–H groups in total. The molecule has 0 radical (unpaired) electrons. The Morgan fingerprint density at radius 3 is 2.29 bits per heavy atom. The average molecular weight is 238 g/mol. The van der Waals surface area contributed by atoms with E-state index in [1.165, 1.54) is 19.1 Å². The van der Waals surface area contributed by atoms with E-state index in [9.17, 15) is 13.2 Å². The Balaban J connectivity index is 2.68. The van der Waals surface area contributed by atoms with Crippen LogP contribution in [0.1, 0.15) is 5.56 Å². The van der Waals surface area contributed by atoms with Crippen molar-refractivity contribution in [2.24, 2.45) is 0 Å².